The lowest BCUT2D eigenvalue weighted by Crippen LogP contribution is -2.42. The lowest BCUT2D eigenvalue weighted by molar-refractivity contribution is -0.139. The van der Waals surface area contributed by atoms with Crippen LogP contribution in [0.25, 0.3) is 0 Å². The normalized spacial score (nSPS) is 61.9. The van der Waals surface area contributed by atoms with Crippen molar-refractivity contribution < 1.29 is 9.59 Å². The van der Waals surface area contributed by atoms with E-state index in [0.29, 0.717) is 29.3 Å². The SMILES string of the molecule is C=CCC12C(=O)C3C4C1C1CC2C(=O)C1C34CC=C. The Kier molecular flexibility index (Phi) is 1.48. The van der Waals surface area contributed by atoms with E-state index in [9.17, 15) is 9.59 Å². The maximum atomic E-state index is 13.0. The third kappa shape index (κ3) is 0.697. The van der Waals surface area contributed by atoms with E-state index in [2.05, 4.69) is 13.2 Å². The van der Waals surface area contributed by atoms with Gasteiger partial charge in [-0.2, -0.15) is 0 Å². The van der Waals surface area contributed by atoms with Crippen LogP contribution >= 0.6 is 0 Å². The highest BCUT2D eigenvalue weighted by Gasteiger charge is 2.94. The van der Waals surface area contributed by atoms with Gasteiger partial charge in [-0.05, 0) is 42.4 Å². The smallest absolute Gasteiger partial charge is 0.144 e. The van der Waals surface area contributed by atoms with Crippen molar-refractivity contribution in [2.24, 2.45) is 46.3 Å². The molecule has 5 aliphatic rings. The van der Waals surface area contributed by atoms with Crippen molar-refractivity contribution in [1.29, 1.82) is 0 Å². The number of fused-ring (bicyclic) bond motifs is 4. The number of rotatable bonds is 4. The average Bonchev–Trinajstić information content (AvgIpc) is 2.67. The van der Waals surface area contributed by atoms with E-state index >= 15 is 0 Å². The van der Waals surface area contributed by atoms with Gasteiger partial charge in [0.05, 0.1) is 0 Å². The van der Waals surface area contributed by atoms with Crippen LogP contribution in [-0.4, -0.2) is 11.6 Å². The highest BCUT2D eigenvalue weighted by atomic mass is 16.1. The Morgan fingerprint density at radius 2 is 1.84 bits per heavy atom. The summed E-state index contributed by atoms with van der Waals surface area (Å²) in [6.07, 6.45) is 6.39. The van der Waals surface area contributed by atoms with E-state index in [1.54, 1.807) is 0 Å². The second kappa shape index (κ2) is 2.65. The molecule has 0 N–H and O–H groups in total. The number of Topliss-reactive ketones (excluding diaryl/α,β-unsaturated/α-hetero) is 2. The van der Waals surface area contributed by atoms with E-state index in [0.717, 1.165) is 19.3 Å². The molecular weight excluding hydrogens is 236 g/mol. The van der Waals surface area contributed by atoms with Gasteiger partial charge in [-0.25, -0.2) is 0 Å². The fourth-order valence-electron chi connectivity index (χ4n) is 7.36. The predicted molar refractivity (Wildman–Crippen MR) is 70.1 cm³/mol. The topological polar surface area (TPSA) is 34.1 Å². The summed E-state index contributed by atoms with van der Waals surface area (Å²) in [4.78, 5) is 25.8. The minimum atomic E-state index is -0.323. The molecule has 98 valence electrons. The maximum absolute atomic E-state index is 13.0. The molecule has 5 rings (SSSR count). The van der Waals surface area contributed by atoms with E-state index in [1.807, 2.05) is 12.2 Å². The van der Waals surface area contributed by atoms with Crippen molar-refractivity contribution in [2.45, 2.75) is 19.3 Å². The van der Waals surface area contributed by atoms with Crippen molar-refractivity contribution in [3.63, 3.8) is 0 Å². The number of hydrogen-bond acceptors (Lipinski definition) is 2. The van der Waals surface area contributed by atoms with E-state index < -0.39 is 0 Å². The molecule has 0 aromatic carbocycles. The summed E-state index contributed by atoms with van der Waals surface area (Å²) < 4.78 is 0. The molecular formula is C17H18O2. The molecule has 0 aromatic rings. The van der Waals surface area contributed by atoms with Crippen LogP contribution in [0.1, 0.15) is 19.3 Å². The quantitative estimate of drug-likeness (QED) is 0.722. The Balaban J connectivity index is 1.76. The molecule has 0 aromatic heterocycles. The molecule has 0 heterocycles. The molecule has 2 nitrogen and oxygen atoms in total. The summed E-state index contributed by atoms with van der Waals surface area (Å²) in [5.41, 5.74) is -0.308. The summed E-state index contributed by atoms with van der Waals surface area (Å²) in [6.45, 7) is 7.71. The minimum absolute atomic E-state index is 0.0150. The van der Waals surface area contributed by atoms with Crippen molar-refractivity contribution >= 4 is 11.6 Å². The second-order valence-electron chi connectivity index (χ2n) is 7.36. The summed E-state index contributed by atoms with van der Waals surface area (Å²) in [6, 6.07) is 0. The molecule has 5 aliphatic carbocycles. The number of carbonyl (C=O) groups excluding carboxylic acids is 2. The van der Waals surface area contributed by atoms with Gasteiger partial charge >= 0.3 is 0 Å². The first kappa shape index (κ1) is 10.6. The van der Waals surface area contributed by atoms with Gasteiger partial charge in [-0.1, -0.05) is 12.2 Å². The lowest BCUT2D eigenvalue weighted by Gasteiger charge is -2.35. The van der Waals surface area contributed by atoms with Crippen molar-refractivity contribution in [1.82, 2.24) is 0 Å². The van der Waals surface area contributed by atoms with Gasteiger partial charge in [0.1, 0.15) is 11.6 Å². The average molecular weight is 254 g/mol. The zero-order valence-corrected chi connectivity index (χ0v) is 11.0. The van der Waals surface area contributed by atoms with Crippen LogP contribution in [0.3, 0.4) is 0 Å². The van der Waals surface area contributed by atoms with Gasteiger partial charge in [-0.3, -0.25) is 9.59 Å². The molecule has 2 heteroatoms. The maximum Gasteiger partial charge on any atom is 0.144 e. The zero-order chi connectivity index (χ0) is 13.2. The van der Waals surface area contributed by atoms with E-state index in [4.69, 9.17) is 0 Å². The van der Waals surface area contributed by atoms with Crippen LogP contribution in [-0.2, 0) is 9.59 Å². The van der Waals surface area contributed by atoms with Gasteiger partial charge < -0.3 is 0 Å². The second-order valence-corrected chi connectivity index (χ2v) is 7.36. The molecule has 0 spiro atoms. The van der Waals surface area contributed by atoms with Crippen molar-refractivity contribution in [3.8, 4) is 0 Å². The Morgan fingerprint density at radius 3 is 2.53 bits per heavy atom. The number of hydrogen-bond donors (Lipinski definition) is 0. The van der Waals surface area contributed by atoms with Crippen molar-refractivity contribution in [3.05, 3.63) is 25.3 Å². The van der Waals surface area contributed by atoms with Gasteiger partial charge in [0.2, 0.25) is 0 Å². The molecule has 0 radical (unpaired) electrons. The van der Waals surface area contributed by atoms with Crippen LogP contribution in [0.4, 0.5) is 0 Å². The Hall–Kier alpha value is -1.18. The minimum Gasteiger partial charge on any atom is -0.299 e. The molecule has 0 saturated heterocycles. The largest absolute Gasteiger partial charge is 0.299 e. The molecule has 8 unspecified atom stereocenters. The number of ketones is 2. The number of carbonyl (C=O) groups is 2. The molecule has 5 saturated carbocycles. The van der Waals surface area contributed by atoms with Crippen LogP contribution in [0.15, 0.2) is 25.3 Å². The third-order valence-corrected chi connectivity index (χ3v) is 7.40. The molecule has 5 fully saturated rings. The fourth-order valence-corrected chi connectivity index (χ4v) is 7.36. The number of allylic oxidation sites excluding steroid dienone is 2. The van der Waals surface area contributed by atoms with Crippen LogP contribution in [0.2, 0.25) is 0 Å². The van der Waals surface area contributed by atoms with Gasteiger partial charge in [-0.15, -0.1) is 13.2 Å². The predicted octanol–water partition coefficient (Wildman–Crippen LogP) is 2.40. The Bertz CT molecular complexity index is 576. The lowest BCUT2D eigenvalue weighted by atomic mass is 9.65. The summed E-state index contributed by atoms with van der Waals surface area (Å²) in [5.74, 6) is 2.75. The standard InChI is InChI=1S/C17H18O2/c1-3-5-16-9-7-8-10(16)12-13(15(16)19)17(12,6-4-2)11(8)14(9)18/h3-4,8-13H,1-2,5-7H2. The summed E-state index contributed by atoms with van der Waals surface area (Å²) in [5, 5.41) is 0. The van der Waals surface area contributed by atoms with E-state index in [-0.39, 0.29) is 28.6 Å². The Labute approximate surface area is 112 Å². The van der Waals surface area contributed by atoms with Crippen LogP contribution in [0, 0.1) is 46.3 Å². The fraction of sp³-hybridized carbons (Fsp3) is 0.647. The first-order valence-corrected chi connectivity index (χ1v) is 7.46. The van der Waals surface area contributed by atoms with Crippen molar-refractivity contribution in [2.75, 3.05) is 0 Å². The van der Waals surface area contributed by atoms with Gasteiger partial charge in [0.15, 0.2) is 0 Å². The molecule has 0 amide bonds. The Morgan fingerprint density at radius 1 is 1.11 bits per heavy atom. The summed E-state index contributed by atoms with van der Waals surface area (Å²) in [7, 11) is 0. The zero-order valence-electron chi connectivity index (χ0n) is 11.0. The molecule has 19 heavy (non-hydrogen) atoms. The monoisotopic (exact) mass is 254 g/mol. The summed E-state index contributed by atoms with van der Waals surface area (Å²) >= 11 is 0. The third-order valence-electron chi connectivity index (χ3n) is 7.40. The first-order valence-electron chi connectivity index (χ1n) is 7.46. The van der Waals surface area contributed by atoms with Crippen LogP contribution in [0.5, 0.6) is 0 Å². The molecule has 8 atom stereocenters. The van der Waals surface area contributed by atoms with Crippen LogP contribution < -0.4 is 0 Å². The first-order chi connectivity index (χ1) is 9.16. The van der Waals surface area contributed by atoms with E-state index in [1.165, 1.54) is 0 Å². The molecule has 2 bridgehead atoms. The van der Waals surface area contributed by atoms with Gasteiger partial charge in [0.25, 0.3) is 0 Å². The highest BCUT2D eigenvalue weighted by Crippen LogP contribution is 2.92. The van der Waals surface area contributed by atoms with Gasteiger partial charge in [0, 0.05) is 23.2 Å². The molecule has 0 aliphatic heterocycles. The highest BCUT2D eigenvalue weighted by molar-refractivity contribution is 6.07.